The normalized spacial score (nSPS) is 10.6. The lowest BCUT2D eigenvalue weighted by Crippen LogP contribution is -2.20. The van der Waals surface area contributed by atoms with Crippen molar-refractivity contribution in [2.24, 2.45) is 5.73 Å². The second-order valence-corrected chi connectivity index (χ2v) is 6.35. The molecule has 3 aromatic rings. The summed E-state index contributed by atoms with van der Waals surface area (Å²) in [5.74, 6) is -0.113. The number of urea groups is 1. The van der Waals surface area contributed by atoms with Crippen LogP contribution in [0.1, 0.15) is 16.1 Å². The predicted octanol–water partition coefficient (Wildman–Crippen LogP) is 5.03. The number of amides is 2. The van der Waals surface area contributed by atoms with Gasteiger partial charge in [-0.25, -0.2) is 4.79 Å². The summed E-state index contributed by atoms with van der Waals surface area (Å²) in [6.07, 6.45) is 1.60. The summed E-state index contributed by atoms with van der Waals surface area (Å²) in [6.45, 7) is 3.89. The molecule has 0 radical (unpaired) electrons. The van der Waals surface area contributed by atoms with Crippen molar-refractivity contribution >= 4 is 51.7 Å². The minimum absolute atomic E-state index is 0.103. The van der Waals surface area contributed by atoms with Gasteiger partial charge in [0.25, 0.3) is 0 Å². The molecule has 2 aromatic carbocycles. The molecule has 1 heterocycles. The van der Waals surface area contributed by atoms with Crippen molar-refractivity contribution < 1.29 is 18.7 Å². The van der Waals surface area contributed by atoms with E-state index in [1.807, 2.05) is 0 Å². The highest BCUT2D eigenvalue weighted by atomic mass is 35.5. The molecular weight excluding hydrogens is 391 g/mol. The molecule has 27 heavy (non-hydrogen) atoms. The van der Waals surface area contributed by atoms with E-state index in [0.29, 0.717) is 28.3 Å². The number of ether oxygens (including phenoxy) is 1. The highest BCUT2D eigenvalue weighted by Crippen LogP contribution is 2.36. The van der Waals surface area contributed by atoms with E-state index in [9.17, 15) is 9.59 Å². The van der Waals surface area contributed by atoms with E-state index in [1.165, 1.54) is 18.2 Å². The Morgan fingerprint density at radius 3 is 2.67 bits per heavy atom. The molecule has 3 N–H and O–H groups in total. The van der Waals surface area contributed by atoms with Crippen molar-refractivity contribution in [1.82, 2.24) is 0 Å². The zero-order valence-electron chi connectivity index (χ0n) is 13.9. The minimum Gasteiger partial charge on any atom is -0.490 e. The van der Waals surface area contributed by atoms with Crippen LogP contribution in [0.15, 0.2) is 53.5 Å². The van der Waals surface area contributed by atoms with E-state index in [-0.39, 0.29) is 22.0 Å². The highest BCUT2D eigenvalue weighted by molar-refractivity contribution is 6.37. The lowest BCUT2D eigenvalue weighted by molar-refractivity contribution is 0.101. The Labute approximate surface area is 164 Å². The summed E-state index contributed by atoms with van der Waals surface area (Å²) in [7, 11) is 0. The fourth-order valence-corrected chi connectivity index (χ4v) is 3.02. The maximum atomic E-state index is 12.9. The summed E-state index contributed by atoms with van der Waals surface area (Å²) in [5.41, 5.74) is 5.95. The zero-order chi connectivity index (χ0) is 19.6. The first-order chi connectivity index (χ1) is 12.9. The Morgan fingerprint density at radius 1 is 1.22 bits per heavy atom. The van der Waals surface area contributed by atoms with Crippen LogP contribution < -0.4 is 15.8 Å². The summed E-state index contributed by atoms with van der Waals surface area (Å²) >= 11 is 12.0. The standard InChI is InChI=1S/C19H14Cl2N2O4/c1-2-7-26-11-4-6-15-13(9-11)16(23-19(22)25)18(27-15)17(24)12-5-3-10(20)8-14(12)21/h2-6,8-9H,1,7H2,(H3,22,23,25). The lowest BCUT2D eigenvalue weighted by atomic mass is 10.1. The highest BCUT2D eigenvalue weighted by Gasteiger charge is 2.25. The third kappa shape index (κ3) is 3.92. The fraction of sp³-hybridized carbons (Fsp3) is 0.0526. The molecule has 0 saturated heterocycles. The van der Waals surface area contributed by atoms with Gasteiger partial charge >= 0.3 is 6.03 Å². The number of nitrogens with two attached hydrogens (primary N) is 1. The number of anilines is 1. The summed E-state index contributed by atoms with van der Waals surface area (Å²) in [6, 6.07) is 8.55. The quantitative estimate of drug-likeness (QED) is 0.445. The average Bonchev–Trinajstić information content (AvgIpc) is 2.97. The molecule has 0 spiro atoms. The van der Waals surface area contributed by atoms with Gasteiger partial charge in [0.15, 0.2) is 5.76 Å². The van der Waals surface area contributed by atoms with Crippen LogP contribution in [0.4, 0.5) is 10.5 Å². The number of halogens is 2. The third-order valence-corrected chi connectivity index (χ3v) is 4.21. The Kier molecular flexibility index (Phi) is 5.39. The van der Waals surface area contributed by atoms with E-state index in [1.54, 1.807) is 24.3 Å². The number of nitrogens with one attached hydrogen (secondary N) is 1. The molecule has 2 amide bonds. The number of fused-ring (bicyclic) bond motifs is 1. The lowest BCUT2D eigenvalue weighted by Gasteiger charge is -2.06. The number of rotatable bonds is 6. The van der Waals surface area contributed by atoms with Crippen LogP contribution in [0.25, 0.3) is 11.0 Å². The minimum atomic E-state index is -0.841. The van der Waals surface area contributed by atoms with Gasteiger partial charge in [-0.2, -0.15) is 0 Å². The molecule has 0 aliphatic rings. The summed E-state index contributed by atoms with van der Waals surface area (Å²) < 4.78 is 11.2. The molecule has 0 atom stereocenters. The molecule has 0 aliphatic heterocycles. The van der Waals surface area contributed by atoms with Gasteiger partial charge in [-0.3, -0.25) is 4.79 Å². The molecule has 0 saturated carbocycles. The average molecular weight is 405 g/mol. The maximum absolute atomic E-state index is 12.9. The summed E-state index contributed by atoms with van der Waals surface area (Å²) in [5, 5.41) is 3.45. The largest absolute Gasteiger partial charge is 0.490 e. The van der Waals surface area contributed by atoms with Gasteiger partial charge < -0.3 is 20.2 Å². The molecule has 0 aliphatic carbocycles. The SMILES string of the molecule is C=CCOc1ccc2oc(C(=O)c3ccc(Cl)cc3Cl)c(NC(N)=O)c2c1. The van der Waals surface area contributed by atoms with Crippen molar-refractivity contribution in [3.8, 4) is 5.75 Å². The second-order valence-electron chi connectivity index (χ2n) is 5.51. The van der Waals surface area contributed by atoms with Crippen molar-refractivity contribution in [3.05, 3.63) is 70.4 Å². The van der Waals surface area contributed by atoms with E-state index in [0.717, 1.165) is 0 Å². The first-order valence-corrected chi connectivity index (χ1v) is 8.52. The maximum Gasteiger partial charge on any atom is 0.316 e. The second kappa shape index (κ2) is 7.73. The van der Waals surface area contributed by atoms with Crippen molar-refractivity contribution in [2.75, 3.05) is 11.9 Å². The fourth-order valence-electron chi connectivity index (χ4n) is 2.52. The van der Waals surface area contributed by atoms with Gasteiger partial charge in [-0.1, -0.05) is 35.9 Å². The number of hydrogen-bond acceptors (Lipinski definition) is 4. The van der Waals surface area contributed by atoms with Gasteiger partial charge in [-0.05, 0) is 36.4 Å². The van der Waals surface area contributed by atoms with Crippen LogP contribution >= 0.6 is 23.2 Å². The first-order valence-electron chi connectivity index (χ1n) is 7.77. The van der Waals surface area contributed by atoms with E-state index >= 15 is 0 Å². The van der Waals surface area contributed by atoms with Crippen LogP contribution in [0.2, 0.25) is 10.0 Å². The number of furan rings is 1. The molecule has 6 nitrogen and oxygen atoms in total. The van der Waals surface area contributed by atoms with E-state index in [2.05, 4.69) is 11.9 Å². The number of carbonyl (C=O) groups is 2. The third-order valence-electron chi connectivity index (χ3n) is 3.66. The topological polar surface area (TPSA) is 94.6 Å². The number of hydrogen-bond donors (Lipinski definition) is 2. The van der Waals surface area contributed by atoms with E-state index in [4.69, 9.17) is 38.1 Å². The van der Waals surface area contributed by atoms with Gasteiger partial charge in [0.1, 0.15) is 23.6 Å². The number of ketones is 1. The molecule has 1 aromatic heterocycles. The molecule has 0 fully saturated rings. The van der Waals surface area contributed by atoms with Gasteiger partial charge in [0, 0.05) is 16.0 Å². The Hall–Kier alpha value is -2.96. The number of carbonyl (C=O) groups excluding carboxylic acids is 2. The Balaban J connectivity index is 2.14. The van der Waals surface area contributed by atoms with Gasteiger partial charge in [-0.15, -0.1) is 0 Å². The molecule has 3 rings (SSSR count). The Morgan fingerprint density at radius 2 is 2.00 bits per heavy atom. The van der Waals surface area contributed by atoms with Crippen molar-refractivity contribution in [3.63, 3.8) is 0 Å². The zero-order valence-corrected chi connectivity index (χ0v) is 15.4. The monoisotopic (exact) mass is 404 g/mol. The van der Waals surface area contributed by atoms with Crippen LogP contribution in [-0.4, -0.2) is 18.4 Å². The molecule has 8 heteroatoms. The molecule has 0 bridgehead atoms. The van der Waals surface area contributed by atoms with Crippen LogP contribution in [-0.2, 0) is 0 Å². The first kappa shape index (κ1) is 18.8. The molecular formula is C19H14Cl2N2O4. The molecule has 138 valence electrons. The van der Waals surface area contributed by atoms with Gasteiger partial charge in [0.05, 0.1) is 5.02 Å². The smallest absolute Gasteiger partial charge is 0.316 e. The van der Waals surface area contributed by atoms with Crippen LogP contribution in [0, 0.1) is 0 Å². The van der Waals surface area contributed by atoms with Crippen molar-refractivity contribution in [1.29, 1.82) is 0 Å². The van der Waals surface area contributed by atoms with Crippen LogP contribution in [0.5, 0.6) is 5.75 Å². The Bertz CT molecular complexity index is 1060. The molecule has 0 unspecified atom stereocenters. The number of primary amides is 1. The van der Waals surface area contributed by atoms with Crippen molar-refractivity contribution in [2.45, 2.75) is 0 Å². The van der Waals surface area contributed by atoms with Gasteiger partial charge in [0.2, 0.25) is 5.78 Å². The predicted molar refractivity (Wildman–Crippen MR) is 105 cm³/mol. The number of benzene rings is 2. The van der Waals surface area contributed by atoms with Crippen LogP contribution in [0.3, 0.4) is 0 Å². The summed E-state index contributed by atoms with van der Waals surface area (Å²) in [4.78, 5) is 24.4. The van der Waals surface area contributed by atoms with E-state index < -0.39 is 11.8 Å².